The lowest BCUT2D eigenvalue weighted by Crippen LogP contribution is -2.39. The van der Waals surface area contributed by atoms with Gasteiger partial charge in [-0.25, -0.2) is 9.59 Å². The van der Waals surface area contributed by atoms with Crippen molar-refractivity contribution in [3.63, 3.8) is 0 Å². The summed E-state index contributed by atoms with van der Waals surface area (Å²) in [6.07, 6.45) is 1.16. The molecule has 3 aromatic rings. The van der Waals surface area contributed by atoms with Gasteiger partial charge in [-0.15, -0.1) is 0 Å². The molecule has 9 heteroatoms. The Bertz CT molecular complexity index is 1640. The van der Waals surface area contributed by atoms with E-state index in [0.717, 1.165) is 19.5 Å². The van der Waals surface area contributed by atoms with Crippen LogP contribution in [0.2, 0.25) is 0 Å². The highest BCUT2D eigenvalue weighted by Gasteiger charge is 2.43. The maximum absolute atomic E-state index is 14.2. The van der Waals surface area contributed by atoms with Crippen molar-refractivity contribution < 1.29 is 24.0 Å². The van der Waals surface area contributed by atoms with Crippen molar-refractivity contribution >= 4 is 17.6 Å². The van der Waals surface area contributed by atoms with E-state index in [0.29, 0.717) is 29.9 Å². The number of nitrogens with one attached hydrogen (secondary N) is 1. The van der Waals surface area contributed by atoms with Gasteiger partial charge in [-0.1, -0.05) is 72.8 Å². The molecule has 0 saturated carbocycles. The van der Waals surface area contributed by atoms with Crippen molar-refractivity contribution in [3.8, 4) is 0 Å². The molecule has 1 fully saturated rings. The van der Waals surface area contributed by atoms with E-state index < -0.39 is 34.5 Å². The standard InChI is InChI=1S/C38H43N3O6/c1-25(2)46-36(42)33-26(3)39-27(4)34(35(33)30-17-12-18-31(23-30)41(44)45)37(43)47-38(5)20-22-40(24-38)21-19-32(28-13-8-6-9-14-28)29-15-10-7-11-16-29/h6-18,23,25,32,35,39H,19-22,24H2,1-5H3. The third-order valence-electron chi connectivity index (χ3n) is 8.95. The highest BCUT2D eigenvalue weighted by molar-refractivity contribution is 6.00. The molecule has 1 N–H and O–H groups in total. The minimum atomic E-state index is -0.909. The Morgan fingerprint density at radius 3 is 2.11 bits per heavy atom. The summed E-state index contributed by atoms with van der Waals surface area (Å²) in [7, 11) is 0. The average molecular weight is 638 g/mol. The number of ether oxygens (including phenoxy) is 2. The summed E-state index contributed by atoms with van der Waals surface area (Å²) < 4.78 is 11.9. The number of allylic oxidation sites excluding steroid dienone is 2. The van der Waals surface area contributed by atoms with Crippen molar-refractivity contribution in [1.29, 1.82) is 0 Å². The third-order valence-corrected chi connectivity index (χ3v) is 8.95. The highest BCUT2D eigenvalue weighted by atomic mass is 16.6. The van der Waals surface area contributed by atoms with Crippen molar-refractivity contribution in [1.82, 2.24) is 10.2 Å². The first-order valence-electron chi connectivity index (χ1n) is 16.1. The van der Waals surface area contributed by atoms with Crippen LogP contribution in [0, 0.1) is 10.1 Å². The number of likely N-dealkylation sites (tertiary alicyclic amines) is 1. The number of carbonyl (C=O) groups excluding carboxylic acids is 2. The van der Waals surface area contributed by atoms with Gasteiger partial charge < -0.3 is 14.8 Å². The average Bonchev–Trinajstić information content (AvgIpc) is 3.41. The van der Waals surface area contributed by atoms with Gasteiger partial charge in [0, 0.05) is 49.0 Å². The number of nitro groups is 1. The normalized spacial score (nSPS) is 20.0. The first-order valence-corrected chi connectivity index (χ1v) is 16.1. The zero-order valence-corrected chi connectivity index (χ0v) is 27.7. The number of hydrogen-bond acceptors (Lipinski definition) is 8. The van der Waals surface area contributed by atoms with Crippen LogP contribution >= 0.6 is 0 Å². The molecular formula is C38H43N3O6. The molecule has 0 spiro atoms. The van der Waals surface area contributed by atoms with Gasteiger partial charge in [-0.3, -0.25) is 15.0 Å². The SMILES string of the molecule is CC1=C(C(=O)OC(C)C)C(c2cccc([N+](=O)[O-])c2)C(C(=O)OC2(C)CCN(CCC(c3ccccc3)c3ccccc3)C2)=C(C)N1. The van der Waals surface area contributed by atoms with Crippen LogP contribution in [-0.2, 0) is 19.1 Å². The molecule has 246 valence electrons. The zero-order chi connectivity index (χ0) is 33.7. The number of non-ortho nitro benzene ring substituents is 1. The number of hydrogen-bond donors (Lipinski definition) is 1. The number of nitro benzene ring substituents is 1. The van der Waals surface area contributed by atoms with Crippen molar-refractivity contribution in [2.45, 2.75) is 71.0 Å². The lowest BCUT2D eigenvalue weighted by atomic mass is 9.80. The molecule has 9 nitrogen and oxygen atoms in total. The van der Waals surface area contributed by atoms with E-state index in [1.165, 1.54) is 23.3 Å². The van der Waals surface area contributed by atoms with Gasteiger partial charge in [-0.05, 0) is 64.3 Å². The number of dihydropyridines is 1. The Kier molecular flexibility index (Phi) is 10.3. The van der Waals surface area contributed by atoms with E-state index in [4.69, 9.17) is 9.47 Å². The highest BCUT2D eigenvalue weighted by Crippen LogP contribution is 2.41. The van der Waals surface area contributed by atoms with E-state index in [-0.39, 0.29) is 22.8 Å². The second kappa shape index (κ2) is 14.3. The van der Waals surface area contributed by atoms with E-state index in [1.54, 1.807) is 39.8 Å². The van der Waals surface area contributed by atoms with E-state index in [9.17, 15) is 19.7 Å². The topological polar surface area (TPSA) is 111 Å². The number of esters is 2. The van der Waals surface area contributed by atoms with Gasteiger partial charge >= 0.3 is 11.9 Å². The van der Waals surface area contributed by atoms with Crippen LogP contribution in [0.15, 0.2) is 107 Å². The van der Waals surface area contributed by atoms with Crippen LogP contribution in [0.4, 0.5) is 5.69 Å². The molecule has 0 aromatic heterocycles. The Morgan fingerprint density at radius 1 is 0.936 bits per heavy atom. The van der Waals surface area contributed by atoms with Crippen molar-refractivity contribution in [2.24, 2.45) is 0 Å². The number of nitrogens with zero attached hydrogens (tertiary/aromatic N) is 2. The summed E-state index contributed by atoms with van der Waals surface area (Å²) in [5, 5.41) is 14.9. The maximum atomic E-state index is 14.2. The van der Waals surface area contributed by atoms with E-state index >= 15 is 0 Å². The Hall–Kier alpha value is -4.76. The van der Waals surface area contributed by atoms with Crippen LogP contribution in [0.25, 0.3) is 0 Å². The van der Waals surface area contributed by atoms with Crippen LogP contribution in [0.3, 0.4) is 0 Å². The van der Waals surface area contributed by atoms with Gasteiger partial charge in [-0.2, -0.15) is 0 Å². The van der Waals surface area contributed by atoms with Gasteiger partial charge in [0.1, 0.15) is 5.60 Å². The molecule has 0 aliphatic carbocycles. The first-order chi connectivity index (χ1) is 22.5. The van der Waals surface area contributed by atoms with Gasteiger partial charge in [0.2, 0.25) is 0 Å². The second-order valence-corrected chi connectivity index (χ2v) is 13.0. The Morgan fingerprint density at radius 2 is 1.53 bits per heavy atom. The molecule has 0 bridgehead atoms. The molecule has 2 unspecified atom stereocenters. The molecule has 2 atom stereocenters. The fourth-order valence-corrected chi connectivity index (χ4v) is 6.75. The Balaban J connectivity index is 1.36. The quantitative estimate of drug-likeness (QED) is 0.136. The molecule has 2 aliphatic rings. The fraction of sp³-hybridized carbons (Fsp3) is 0.368. The summed E-state index contributed by atoms with van der Waals surface area (Å²) in [6.45, 7) is 11.1. The minimum absolute atomic E-state index is 0.136. The fourth-order valence-electron chi connectivity index (χ4n) is 6.75. The van der Waals surface area contributed by atoms with Crippen LogP contribution in [-0.4, -0.2) is 53.1 Å². The molecule has 2 aliphatic heterocycles. The lowest BCUT2D eigenvalue weighted by molar-refractivity contribution is -0.384. The second-order valence-electron chi connectivity index (χ2n) is 13.0. The molecule has 1 saturated heterocycles. The lowest BCUT2D eigenvalue weighted by Gasteiger charge is -2.33. The monoisotopic (exact) mass is 637 g/mol. The summed E-state index contributed by atoms with van der Waals surface area (Å²) in [5.41, 5.74) is 3.58. The number of carbonyl (C=O) groups is 2. The van der Waals surface area contributed by atoms with Crippen LogP contribution in [0.5, 0.6) is 0 Å². The largest absolute Gasteiger partial charge is 0.460 e. The van der Waals surface area contributed by atoms with Gasteiger partial charge in [0.05, 0.1) is 28.1 Å². The molecule has 47 heavy (non-hydrogen) atoms. The molecule has 2 heterocycles. The molecular weight excluding hydrogens is 594 g/mol. The first kappa shape index (κ1) is 33.6. The zero-order valence-electron chi connectivity index (χ0n) is 27.7. The summed E-state index contributed by atoms with van der Waals surface area (Å²) in [5.74, 6) is -1.83. The molecule has 0 amide bonds. The van der Waals surface area contributed by atoms with Crippen LogP contribution < -0.4 is 5.32 Å². The van der Waals surface area contributed by atoms with E-state index in [1.807, 2.05) is 19.1 Å². The summed E-state index contributed by atoms with van der Waals surface area (Å²) >= 11 is 0. The van der Waals surface area contributed by atoms with Gasteiger partial charge in [0.15, 0.2) is 0 Å². The smallest absolute Gasteiger partial charge is 0.337 e. The summed E-state index contributed by atoms with van der Waals surface area (Å²) in [6, 6.07) is 27.0. The minimum Gasteiger partial charge on any atom is -0.460 e. The third kappa shape index (κ3) is 7.80. The maximum Gasteiger partial charge on any atom is 0.337 e. The van der Waals surface area contributed by atoms with E-state index in [2.05, 4.69) is 58.7 Å². The summed E-state index contributed by atoms with van der Waals surface area (Å²) in [4.78, 5) is 41.1. The van der Waals surface area contributed by atoms with Crippen LogP contribution in [0.1, 0.15) is 76.0 Å². The van der Waals surface area contributed by atoms with Gasteiger partial charge in [0.25, 0.3) is 5.69 Å². The number of rotatable bonds is 11. The molecule has 5 rings (SSSR count). The Labute approximate surface area is 276 Å². The molecule has 3 aromatic carbocycles. The molecule has 0 radical (unpaired) electrons. The predicted molar refractivity (Wildman–Crippen MR) is 180 cm³/mol. The van der Waals surface area contributed by atoms with Crippen molar-refractivity contribution in [2.75, 3.05) is 19.6 Å². The van der Waals surface area contributed by atoms with Crippen molar-refractivity contribution in [3.05, 3.63) is 134 Å². The number of benzene rings is 3. The predicted octanol–water partition coefficient (Wildman–Crippen LogP) is 7.01.